The molecule has 0 aliphatic carbocycles. The number of amides is 1. The molecule has 138 valence electrons. The Morgan fingerprint density at radius 1 is 1.40 bits per heavy atom. The number of hydrogen-bond acceptors (Lipinski definition) is 6. The van der Waals surface area contributed by atoms with E-state index in [0.29, 0.717) is 31.2 Å². The van der Waals surface area contributed by atoms with Crippen molar-refractivity contribution in [2.45, 2.75) is 26.3 Å². The molecule has 1 unspecified atom stereocenters. The van der Waals surface area contributed by atoms with E-state index >= 15 is 0 Å². The quantitative estimate of drug-likeness (QED) is 0.745. The zero-order chi connectivity index (χ0) is 17.9. The van der Waals surface area contributed by atoms with Gasteiger partial charge in [-0.2, -0.15) is 0 Å². The van der Waals surface area contributed by atoms with Gasteiger partial charge in [0.25, 0.3) is 0 Å². The summed E-state index contributed by atoms with van der Waals surface area (Å²) in [6.07, 6.45) is 0.924. The Kier molecular flexibility index (Phi) is 5.34. The van der Waals surface area contributed by atoms with Crippen molar-refractivity contribution in [2.75, 3.05) is 39.6 Å². The number of piperidine rings is 1. The normalized spacial score (nSPS) is 21.8. The molecule has 1 aromatic rings. The molecule has 0 bridgehead atoms. The van der Waals surface area contributed by atoms with Gasteiger partial charge in [0.2, 0.25) is 12.7 Å². The molecule has 3 N–H and O–H groups in total. The molecule has 1 fully saturated rings. The SMILES string of the molecule is CC1(C)CN(CC(=O)NCCOc2ccc3c(c2)OCO3)CCC1N. The average molecular weight is 349 g/mol. The van der Waals surface area contributed by atoms with Gasteiger partial charge in [-0.15, -0.1) is 0 Å². The van der Waals surface area contributed by atoms with Crippen molar-refractivity contribution < 1.29 is 19.0 Å². The van der Waals surface area contributed by atoms with Crippen LogP contribution in [0.15, 0.2) is 18.2 Å². The number of benzene rings is 1. The summed E-state index contributed by atoms with van der Waals surface area (Å²) < 4.78 is 16.2. The van der Waals surface area contributed by atoms with Gasteiger partial charge in [0.1, 0.15) is 12.4 Å². The van der Waals surface area contributed by atoms with Gasteiger partial charge in [0.05, 0.1) is 13.1 Å². The number of rotatable bonds is 6. The zero-order valence-corrected chi connectivity index (χ0v) is 14.9. The lowest BCUT2D eigenvalue weighted by Crippen LogP contribution is -2.54. The molecule has 3 rings (SSSR count). The molecule has 7 nitrogen and oxygen atoms in total. The van der Waals surface area contributed by atoms with Crippen LogP contribution in [-0.2, 0) is 4.79 Å². The minimum Gasteiger partial charge on any atom is -0.492 e. The largest absolute Gasteiger partial charge is 0.492 e. The number of ether oxygens (including phenoxy) is 3. The van der Waals surface area contributed by atoms with Crippen LogP contribution < -0.4 is 25.3 Å². The van der Waals surface area contributed by atoms with Crippen LogP contribution in [0.4, 0.5) is 0 Å². The van der Waals surface area contributed by atoms with Crippen LogP contribution >= 0.6 is 0 Å². The summed E-state index contributed by atoms with van der Waals surface area (Å²) in [6, 6.07) is 5.64. The summed E-state index contributed by atoms with van der Waals surface area (Å²) >= 11 is 0. The number of fused-ring (bicyclic) bond motifs is 1. The number of nitrogens with zero attached hydrogens (tertiary/aromatic N) is 1. The van der Waals surface area contributed by atoms with E-state index < -0.39 is 0 Å². The maximum Gasteiger partial charge on any atom is 0.234 e. The lowest BCUT2D eigenvalue weighted by atomic mass is 9.80. The van der Waals surface area contributed by atoms with Crippen molar-refractivity contribution in [3.05, 3.63) is 18.2 Å². The summed E-state index contributed by atoms with van der Waals surface area (Å²) in [5.41, 5.74) is 6.18. The molecule has 0 radical (unpaired) electrons. The second-order valence-corrected chi connectivity index (χ2v) is 7.31. The molecule has 0 saturated carbocycles. The number of carbonyl (C=O) groups is 1. The second kappa shape index (κ2) is 7.49. The lowest BCUT2D eigenvalue weighted by molar-refractivity contribution is -0.123. The van der Waals surface area contributed by atoms with Crippen LogP contribution in [0.2, 0.25) is 0 Å². The fourth-order valence-electron chi connectivity index (χ4n) is 3.20. The molecule has 0 spiro atoms. The van der Waals surface area contributed by atoms with E-state index in [0.717, 1.165) is 25.3 Å². The van der Waals surface area contributed by atoms with E-state index in [-0.39, 0.29) is 24.2 Å². The third-order valence-electron chi connectivity index (χ3n) is 4.80. The summed E-state index contributed by atoms with van der Waals surface area (Å²) in [7, 11) is 0. The number of likely N-dealkylation sites (tertiary alicyclic amines) is 1. The smallest absolute Gasteiger partial charge is 0.234 e. The third-order valence-corrected chi connectivity index (χ3v) is 4.80. The van der Waals surface area contributed by atoms with Crippen LogP contribution in [0, 0.1) is 5.41 Å². The van der Waals surface area contributed by atoms with Crippen molar-refractivity contribution >= 4 is 5.91 Å². The van der Waals surface area contributed by atoms with Gasteiger partial charge in [-0.25, -0.2) is 0 Å². The molecule has 25 heavy (non-hydrogen) atoms. The van der Waals surface area contributed by atoms with E-state index in [4.69, 9.17) is 19.9 Å². The molecular formula is C18H27N3O4. The summed E-state index contributed by atoms with van der Waals surface area (Å²) in [4.78, 5) is 14.3. The Morgan fingerprint density at radius 2 is 2.20 bits per heavy atom. The molecule has 1 amide bonds. The first kappa shape index (κ1) is 17.8. The van der Waals surface area contributed by atoms with E-state index in [1.54, 1.807) is 6.07 Å². The predicted octanol–water partition coefficient (Wildman–Crippen LogP) is 0.970. The molecule has 2 aliphatic rings. The maximum atomic E-state index is 12.1. The van der Waals surface area contributed by atoms with Gasteiger partial charge in [-0.1, -0.05) is 13.8 Å². The van der Waals surface area contributed by atoms with Crippen LogP contribution in [-0.4, -0.2) is 56.4 Å². The topological polar surface area (TPSA) is 86.1 Å². The average Bonchev–Trinajstić information content (AvgIpc) is 3.02. The summed E-state index contributed by atoms with van der Waals surface area (Å²) in [6.45, 7) is 7.53. The van der Waals surface area contributed by atoms with Crippen LogP contribution in [0.5, 0.6) is 17.2 Å². The van der Waals surface area contributed by atoms with Crippen molar-refractivity contribution in [2.24, 2.45) is 11.1 Å². The van der Waals surface area contributed by atoms with Crippen molar-refractivity contribution in [1.29, 1.82) is 0 Å². The minimum absolute atomic E-state index is 0.0144. The van der Waals surface area contributed by atoms with E-state index in [1.165, 1.54) is 0 Å². The molecular weight excluding hydrogens is 322 g/mol. The highest BCUT2D eigenvalue weighted by molar-refractivity contribution is 5.78. The van der Waals surface area contributed by atoms with Crippen molar-refractivity contribution in [1.82, 2.24) is 10.2 Å². The number of carbonyl (C=O) groups excluding carboxylic acids is 1. The first-order valence-corrected chi connectivity index (χ1v) is 8.71. The second-order valence-electron chi connectivity index (χ2n) is 7.31. The molecule has 1 aromatic carbocycles. The van der Waals surface area contributed by atoms with E-state index in [2.05, 4.69) is 24.1 Å². The molecule has 1 saturated heterocycles. The zero-order valence-electron chi connectivity index (χ0n) is 14.9. The number of nitrogens with one attached hydrogen (secondary N) is 1. The van der Waals surface area contributed by atoms with Gasteiger partial charge >= 0.3 is 0 Å². The monoisotopic (exact) mass is 349 g/mol. The standard InChI is InChI=1S/C18H27N3O4/c1-18(2)11-21(7-5-16(18)19)10-17(22)20-6-8-23-13-3-4-14-15(9-13)25-12-24-14/h3-4,9,16H,5-8,10-12,19H2,1-2H3,(H,20,22). The van der Waals surface area contributed by atoms with Gasteiger partial charge in [-0.05, 0) is 24.0 Å². The predicted molar refractivity (Wildman–Crippen MR) is 93.9 cm³/mol. The summed E-state index contributed by atoms with van der Waals surface area (Å²) in [5, 5.41) is 2.90. The van der Waals surface area contributed by atoms with Crippen LogP contribution in [0.25, 0.3) is 0 Å². The highest BCUT2D eigenvalue weighted by Crippen LogP contribution is 2.35. The van der Waals surface area contributed by atoms with Crippen LogP contribution in [0.3, 0.4) is 0 Å². The molecule has 2 heterocycles. The molecule has 0 aromatic heterocycles. The summed E-state index contributed by atoms with van der Waals surface area (Å²) in [5.74, 6) is 2.13. The third kappa shape index (κ3) is 4.55. The minimum atomic E-state index is 0.0144. The Hall–Kier alpha value is -1.99. The van der Waals surface area contributed by atoms with Crippen molar-refractivity contribution in [3.8, 4) is 17.2 Å². The highest BCUT2D eigenvalue weighted by atomic mass is 16.7. The lowest BCUT2D eigenvalue weighted by Gasteiger charge is -2.42. The fraction of sp³-hybridized carbons (Fsp3) is 0.611. The Labute approximate surface area is 148 Å². The Morgan fingerprint density at radius 3 is 3.00 bits per heavy atom. The van der Waals surface area contributed by atoms with Crippen LogP contribution in [0.1, 0.15) is 20.3 Å². The number of hydrogen-bond donors (Lipinski definition) is 2. The molecule has 7 heteroatoms. The first-order chi connectivity index (χ1) is 11.9. The first-order valence-electron chi connectivity index (χ1n) is 8.71. The van der Waals surface area contributed by atoms with Gasteiger partial charge < -0.3 is 25.3 Å². The molecule has 1 atom stereocenters. The van der Waals surface area contributed by atoms with Gasteiger partial charge in [-0.3, -0.25) is 9.69 Å². The van der Waals surface area contributed by atoms with Gasteiger partial charge in [0, 0.05) is 25.2 Å². The Balaban J connectivity index is 1.36. The van der Waals surface area contributed by atoms with E-state index in [1.807, 2.05) is 12.1 Å². The van der Waals surface area contributed by atoms with E-state index in [9.17, 15) is 4.79 Å². The number of nitrogens with two attached hydrogens (primary N) is 1. The maximum absolute atomic E-state index is 12.1. The highest BCUT2D eigenvalue weighted by Gasteiger charge is 2.33. The van der Waals surface area contributed by atoms with Crippen molar-refractivity contribution in [3.63, 3.8) is 0 Å². The van der Waals surface area contributed by atoms with Gasteiger partial charge in [0.15, 0.2) is 11.5 Å². The Bertz CT molecular complexity index is 620. The molecule has 2 aliphatic heterocycles. The fourth-order valence-corrected chi connectivity index (χ4v) is 3.20.